The molecule has 0 spiro atoms. The van der Waals surface area contributed by atoms with E-state index < -0.39 is 0 Å². The van der Waals surface area contributed by atoms with Crippen molar-refractivity contribution in [3.05, 3.63) is 102 Å². The maximum atomic E-state index is 13.9. The van der Waals surface area contributed by atoms with Crippen LogP contribution < -0.4 is 20.1 Å². The van der Waals surface area contributed by atoms with Gasteiger partial charge in [0.25, 0.3) is 5.91 Å². The van der Waals surface area contributed by atoms with E-state index >= 15 is 0 Å². The first kappa shape index (κ1) is 33.8. The molecule has 1 aromatic heterocycles. The number of nitrogens with one attached hydrogen (secondary N) is 2. The SMILES string of the molecule is COc1cccc(OCc2ccccc2)c1-c1cc(C(=O)N[C@H](CC(=O)NCc2ccccc2)CC(C)C)nn1CC1CCCCC1. The Balaban J connectivity index is 1.40. The number of ether oxygens (including phenoxy) is 2. The van der Waals surface area contributed by atoms with E-state index in [0.717, 1.165) is 35.2 Å². The summed E-state index contributed by atoms with van der Waals surface area (Å²) < 4.78 is 14.2. The Labute approximate surface area is 278 Å². The van der Waals surface area contributed by atoms with E-state index in [4.69, 9.17) is 14.6 Å². The fourth-order valence-electron chi connectivity index (χ4n) is 6.39. The third-order valence-corrected chi connectivity index (χ3v) is 8.73. The molecule has 1 heterocycles. The second kappa shape index (κ2) is 16.8. The van der Waals surface area contributed by atoms with Crippen LogP contribution in [0.3, 0.4) is 0 Å². The summed E-state index contributed by atoms with van der Waals surface area (Å²) in [4.78, 5) is 26.8. The van der Waals surface area contributed by atoms with Gasteiger partial charge in [-0.3, -0.25) is 14.3 Å². The van der Waals surface area contributed by atoms with Crippen molar-refractivity contribution in [2.75, 3.05) is 7.11 Å². The number of hydrogen-bond donors (Lipinski definition) is 2. The summed E-state index contributed by atoms with van der Waals surface area (Å²) >= 11 is 0. The van der Waals surface area contributed by atoms with Gasteiger partial charge in [0.1, 0.15) is 18.1 Å². The Morgan fingerprint density at radius 3 is 2.26 bits per heavy atom. The zero-order valence-corrected chi connectivity index (χ0v) is 27.9. The lowest BCUT2D eigenvalue weighted by molar-refractivity contribution is -0.121. The number of hydrogen-bond acceptors (Lipinski definition) is 5. The summed E-state index contributed by atoms with van der Waals surface area (Å²) in [6.45, 7) is 5.74. The van der Waals surface area contributed by atoms with Crippen LogP contribution in [-0.4, -0.2) is 34.7 Å². The fraction of sp³-hybridized carbons (Fsp3) is 0.410. The minimum absolute atomic E-state index is 0.0995. The van der Waals surface area contributed by atoms with Gasteiger partial charge in [0.05, 0.1) is 18.4 Å². The van der Waals surface area contributed by atoms with E-state index in [-0.39, 0.29) is 24.3 Å². The summed E-state index contributed by atoms with van der Waals surface area (Å²) in [6.07, 6.45) is 6.81. The average Bonchev–Trinajstić information content (AvgIpc) is 3.50. The maximum Gasteiger partial charge on any atom is 0.272 e. The van der Waals surface area contributed by atoms with Crippen LogP contribution in [0.2, 0.25) is 0 Å². The summed E-state index contributed by atoms with van der Waals surface area (Å²) in [7, 11) is 1.65. The van der Waals surface area contributed by atoms with Crippen LogP contribution in [0.1, 0.15) is 80.4 Å². The first-order valence-electron chi connectivity index (χ1n) is 16.9. The monoisotopic (exact) mass is 636 g/mol. The third-order valence-electron chi connectivity index (χ3n) is 8.73. The van der Waals surface area contributed by atoms with Crippen molar-refractivity contribution in [3.63, 3.8) is 0 Å². The highest BCUT2D eigenvalue weighted by Crippen LogP contribution is 2.40. The molecule has 248 valence electrons. The number of benzene rings is 3. The van der Waals surface area contributed by atoms with E-state index in [2.05, 4.69) is 24.5 Å². The lowest BCUT2D eigenvalue weighted by Crippen LogP contribution is -2.40. The Morgan fingerprint density at radius 1 is 0.894 bits per heavy atom. The number of amides is 2. The average molecular weight is 637 g/mol. The van der Waals surface area contributed by atoms with E-state index in [9.17, 15) is 9.59 Å². The number of carbonyl (C=O) groups excluding carboxylic acids is 2. The molecular formula is C39H48N4O4. The molecule has 1 aliphatic carbocycles. The van der Waals surface area contributed by atoms with Gasteiger partial charge < -0.3 is 20.1 Å². The first-order chi connectivity index (χ1) is 22.9. The van der Waals surface area contributed by atoms with Gasteiger partial charge in [-0.2, -0.15) is 5.10 Å². The van der Waals surface area contributed by atoms with E-state index in [1.54, 1.807) is 7.11 Å². The third kappa shape index (κ3) is 9.70. The predicted octanol–water partition coefficient (Wildman–Crippen LogP) is 7.57. The van der Waals surface area contributed by atoms with Crippen LogP contribution in [-0.2, 0) is 24.5 Å². The Kier molecular flexibility index (Phi) is 12.1. The molecule has 5 rings (SSSR count). The van der Waals surface area contributed by atoms with Gasteiger partial charge in [-0.1, -0.05) is 99.8 Å². The molecule has 2 amide bonds. The summed E-state index contributed by atoms with van der Waals surface area (Å²) in [6, 6.07) is 27.1. The minimum Gasteiger partial charge on any atom is -0.496 e. The van der Waals surface area contributed by atoms with Crippen molar-refractivity contribution in [2.45, 2.75) is 84.5 Å². The minimum atomic E-state index is -0.332. The number of aromatic nitrogens is 2. The van der Waals surface area contributed by atoms with Crippen LogP contribution in [0, 0.1) is 11.8 Å². The predicted molar refractivity (Wildman–Crippen MR) is 185 cm³/mol. The first-order valence-corrected chi connectivity index (χ1v) is 16.9. The highest BCUT2D eigenvalue weighted by Gasteiger charge is 2.26. The molecule has 2 N–H and O–H groups in total. The van der Waals surface area contributed by atoms with E-state index in [0.29, 0.717) is 55.1 Å². The van der Waals surface area contributed by atoms with Crippen molar-refractivity contribution in [2.24, 2.45) is 11.8 Å². The zero-order chi connectivity index (χ0) is 33.0. The lowest BCUT2D eigenvalue weighted by Gasteiger charge is -2.23. The van der Waals surface area contributed by atoms with Gasteiger partial charge in [0.15, 0.2) is 5.69 Å². The van der Waals surface area contributed by atoms with Gasteiger partial charge in [-0.15, -0.1) is 0 Å². The molecule has 47 heavy (non-hydrogen) atoms. The molecule has 0 saturated heterocycles. The largest absolute Gasteiger partial charge is 0.496 e. The van der Waals surface area contributed by atoms with Gasteiger partial charge in [-0.05, 0) is 60.4 Å². The van der Waals surface area contributed by atoms with E-state index in [1.807, 2.05) is 89.6 Å². The number of rotatable bonds is 15. The summed E-state index contributed by atoms with van der Waals surface area (Å²) in [5.41, 5.74) is 3.95. The quantitative estimate of drug-likeness (QED) is 0.140. The van der Waals surface area contributed by atoms with Crippen molar-refractivity contribution >= 4 is 11.8 Å². The standard InChI is InChI=1S/C39H48N4O4/c1-28(2)22-32(23-37(44)40-25-29-14-7-4-8-15-29)41-39(45)33-24-34(43(42-33)26-30-16-9-5-10-17-30)38-35(46-3)20-13-21-36(38)47-27-31-18-11-6-12-19-31/h4,6-8,11-15,18-21,24,28,30,32H,5,9-10,16-17,22-23,25-27H2,1-3H3,(H,40,44)(H,41,45)/t32-/m0/s1. The van der Waals surface area contributed by atoms with Crippen LogP contribution in [0.15, 0.2) is 84.9 Å². The van der Waals surface area contributed by atoms with Gasteiger partial charge >= 0.3 is 0 Å². The molecular weight excluding hydrogens is 588 g/mol. The van der Waals surface area contributed by atoms with Crippen LogP contribution in [0.4, 0.5) is 0 Å². The maximum absolute atomic E-state index is 13.9. The van der Waals surface area contributed by atoms with Crippen molar-refractivity contribution in [1.29, 1.82) is 0 Å². The molecule has 1 fully saturated rings. The van der Waals surface area contributed by atoms with Crippen LogP contribution >= 0.6 is 0 Å². The Morgan fingerprint density at radius 2 is 1.57 bits per heavy atom. The second-order valence-corrected chi connectivity index (χ2v) is 13.0. The molecule has 0 unspecified atom stereocenters. The molecule has 1 saturated carbocycles. The van der Waals surface area contributed by atoms with Crippen LogP contribution in [0.25, 0.3) is 11.3 Å². The fourth-order valence-corrected chi connectivity index (χ4v) is 6.39. The molecule has 3 aromatic carbocycles. The molecule has 0 radical (unpaired) electrons. The number of nitrogens with zero attached hydrogens (tertiary/aromatic N) is 2. The van der Waals surface area contributed by atoms with Gasteiger partial charge in [0.2, 0.25) is 5.91 Å². The van der Waals surface area contributed by atoms with Gasteiger partial charge in [0, 0.05) is 25.6 Å². The Bertz CT molecular complexity index is 1580. The molecule has 0 aliphatic heterocycles. The smallest absolute Gasteiger partial charge is 0.272 e. The van der Waals surface area contributed by atoms with Crippen LogP contribution in [0.5, 0.6) is 11.5 Å². The molecule has 4 aromatic rings. The molecule has 1 atom stereocenters. The summed E-state index contributed by atoms with van der Waals surface area (Å²) in [5, 5.41) is 11.0. The topological polar surface area (TPSA) is 94.5 Å². The number of methoxy groups -OCH3 is 1. The van der Waals surface area contributed by atoms with Crippen molar-refractivity contribution in [1.82, 2.24) is 20.4 Å². The normalized spacial score (nSPS) is 14.0. The Hall–Kier alpha value is -4.59. The number of carbonyl (C=O) groups is 2. The molecule has 8 nitrogen and oxygen atoms in total. The molecule has 8 heteroatoms. The van der Waals surface area contributed by atoms with Crippen molar-refractivity contribution in [3.8, 4) is 22.8 Å². The zero-order valence-electron chi connectivity index (χ0n) is 27.9. The highest BCUT2D eigenvalue weighted by molar-refractivity contribution is 5.94. The van der Waals surface area contributed by atoms with E-state index in [1.165, 1.54) is 19.3 Å². The second-order valence-electron chi connectivity index (χ2n) is 13.0. The highest BCUT2D eigenvalue weighted by atomic mass is 16.5. The van der Waals surface area contributed by atoms with Gasteiger partial charge in [-0.25, -0.2) is 0 Å². The summed E-state index contributed by atoms with van der Waals surface area (Å²) in [5.74, 6) is 1.69. The van der Waals surface area contributed by atoms with Crippen molar-refractivity contribution < 1.29 is 19.1 Å². The lowest BCUT2D eigenvalue weighted by atomic mass is 9.89. The molecule has 0 bridgehead atoms. The molecule has 1 aliphatic rings.